The molecule has 2 aromatic carbocycles. The van der Waals surface area contributed by atoms with Crippen LogP contribution in [0.15, 0.2) is 40.9 Å². The molecule has 0 unspecified atom stereocenters. The molecule has 4 rings (SSSR count). The Hall–Kier alpha value is -2.86. The van der Waals surface area contributed by atoms with Crippen molar-refractivity contribution < 1.29 is 19.7 Å². The summed E-state index contributed by atoms with van der Waals surface area (Å²) >= 11 is 3.36. The van der Waals surface area contributed by atoms with E-state index in [1.165, 1.54) is 7.11 Å². The van der Waals surface area contributed by atoms with Crippen LogP contribution in [-0.4, -0.2) is 28.3 Å². The Labute approximate surface area is 176 Å². The van der Waals surface area contributed by atoms with Gasteiger partial charge in [0.15, 0.2) is 11.5 Å². The molecule has 29 heavy (non-hydrogen) atoms. The van der Waals surface area contributed by atoms with Gasteiger partial charge in [-0.25, -0.2) is 9.78 Å². The van der Waals surface area contributed by atoms with Gasteiger partial charge in [0.2, 0.25) is 0 Å². The summed E-state index contributed by atoms with van der Waals surface area (Å²) in [6, 6.07) is 11.0. The number of halogens is 1. The Bertz CT molecular complexity index is 1150. The van der Waals surface area contributed by atoms with E-state index in [0.29, 0.717) is 33.1 Å². The van der Waals surface area contributed by atoms with Crippen LogP contribution in [0, 0.1) is 0 Å². The molecular weight excluding hydrogens is 434 g/mol. The number of rotatable bonds is 3. The average molecular weight is 454 g/mol. The first-order chi connectivity index (χ1) is 14.0. The molecule has 1 aliphatic carbocycles. The fraction of sp³-hybridized carbons (Fsp3) is 0.217. The summed E-state index contributed by atoms with van der Waals surface area (Å²) in [6.45, 7) is 0. The summed E-state index contributed by atoms with van der Waals surface area (Å²) in [5.41, 5.74) is 4.42. The number of carboxylic acids is 1. The number of hydrogen-bond donors (Lipinski definition) is 2. The van der Waals surface area contributed by atoms with E-state index in [2.05, 4.69) is 15.9 Å². The van der Waals surface area contributed by atoms with Gasteiger partial charge < -0.3 is 14.9 Å². The number of carboxylic acid groups (broad SMARTS) is 1. The molecule has 0 atom stereocenters. The highest BCUT2D eigenvalue weighted by atomic mass is 79.9. The molecule has 1 aliphatic rings. The van der Waals surface area contributed by atoms with Crippen LogP contribution in [0.25, 0.3) is 22.6 Å². The molecule has 0 saturated carbocycles. The van der Waals surface area contributed by atoms with Gasteiger partial charge in [-0.15, -0.1) is 0 Å². The maximum absolute atomic E-state index is 12.1. The lowest BCUT2D eigenvalue weighted by Gasteiger charge is -2.14. The average Bonchev–Trinajstić information content (AvgIpc) is 2.90. The summed E-state index contributed by atoms with van der Waals surface area (Å²) < 4.78 is 5.79. The van der Waals surface area contributed by atoms with E-state index in [9.17, 15) is 15.0 Å². The number of aromatic nitrogens is 1. The molecule has 1 heterocycles. The second-order valence-corrected chi connectivity index (χ2v) is 7.92. The minimum absolute atomic E-state index is 0.0493. The van der Waals surface area contributed by atoms with Crippen LogP contribution in [0.3, 0.4) is 0 Å². The van der Waals surface area contributed by atoms with Crippen LogP contribution in [0.2, 0.25) is 0 Å². The second kappa shape index (κ2) is 7.87. The van der Waals surface area contributed by atoms with E-state index in [1.54, 1.807) is 6.07 Å². The van der Waals surface area contributed by atoms with Crippen LogP contribution >= 0.6 is 15.9 Å². The third kappa shape index (κ3) is 3.60. The summed E-state index contributed by atoms with van der Waals surface area (Å²) in [4.78, 5) is 17.0. The number of phenols is 1. The van der Waals surface area contributed by atoms with Crippen molar-refractivity contribution in [2.75, 3.05) is 7.11 Å². The van der Waals surface area contributed by atoms with Gasteiger partial charge in [0.05, 0.1) is 28.4 Å². The number of nitrogens with zero attached hydrogens (tertiary/aromatic N) is 1. The zero-order valence-electron chi connectivity index (χ0n) is 15.9. The molecule has 0 fully saturated rings. The van der Waals surface area contributed by atoms with Crippen molar-refractivity contribution in [1.82, 2.24) is 4.98 Å². The molecule has 5 nitrogen and oxygen atoms in total. The molecule has 1 aromatic heterocycles. The van der Waals surface area contributed by atoms with Gasteiger partial charge >= 0.3 is 5.97 Å². The Morgan fingerprint density at radius 2 is 1.97 bits per heavy atom. The minimum atomic E-state index is -0.921. The number of hydrogen-bond acceptors (Lipinski definition) is 4. The van der Waals surface area contributed by atoms with E-state index in [-0.39, 0.29) is 5.75 Å². The number of aromatic hydroxyl groups is 1. The van der Waals surface area contributed by atoms with Gasteiger partial charge in [-0.05, 0) is 82.6 Å². The molecule has 6 heteroatoms. The first-order valence-corrected chi connectivity index (χ1v) is 10.2. The topological polar surface area (TPSA) is 79.7 Å². The van der Waals surface area contributed by atoms with Crippen molar-refractivity contribution in [2.45, 2.75) is 25.7 Å². The SMILES string of the molecule is COc1cc(/C=C2\CCCCc3c2nc2ccccc2c3C(=O)O)cc(Br)c1O. The maximum Gasteiger partial charge on any atom is 0.336 e. The number of carbonyl (C=O) groups is 1. The van der Waals surface area contributed by atoms with Crippen molar-refractivity contribution >= 4 is 44.5 Å². The highest BCUT2D eigenvalue weighted by Gasteiger charge is 2.23. The molecule has 0 amide bonds. The molecule has 2 N–H and O–H groups in total. The predicted molar refractivity (Wildman–Crippen MR) is 116 cm³/mol. The molecule has 0 saturated heterocycles. The Morgan fingerprint density at radius 3 is 2.72 bits per heavy atom. The summed E-state index contributed by atoms with van der Waals surface area (Å²) in [7, 11) is 1.51. The normalized spacial score (nSPS) is 15.2. The summed E-state index contributed by atoms with van der Waals surface area (Å²) in [5.74, 6) is -0.499. The zero-order valence-corrected chi connectivity index (χ0v) is 17.5. The predicted octanol–water partition coefficient (Wildman–Crippen LogP) is 5.68. The Kier molecular flexibility index (Phi) is 5.28. The van der Waals surface area contributed by atoms with Crippen LogP contribution in [0.5, 0.6) is 11.5 Å². The van der Waals surface area contributed by atoms with Crippen molar-refractivity contribution in [3.8, 4) is 11.5 Å². The monoisotopic (exact) mass is 453 g/mol. The standard InChI is InChI=1S/C23H20BrNO4/c1-29-19-12-13(11-17(24)22(19)26)10-14-6-2-3-8-16-20(23(27)28)15-7-4-5-9-18(15)25-21(14)16/h4-5,7,9-12,26H,2-3,6,8H2,1H3,(H,27,28)/b14-10+. The minimum Gasteiger partial charge on any atom is -0.503 e. The smallest absolute Gasteiger partial charge is 0.336 e. The first-order valence-electron chi connectivity index (χ1n) is 9.42. The van der Waals surface area contributed by atoms with Crippen molar-refractivity contribution in [2.24, 2.45) is 0 Å². The van der Waals surface area contributed by atoms with Crippen LogP contribution in [-0.2, 0) is 6.42 Å². The molecule has 0 aliphatic heterocycles. The number of ether oxygens (including phenoxy) is 1. The number of allylic oxidation sites excluding steroid dienone is 1. The fourth-order valence-corrected chi connectivity index (χ4v) is 4.37. The van der Waals surface area contributed by atoms with Gasteiger partial charge in [0.25, 0.3) is 0 Å². The van der Waals surface area contributed by atoms with Crippen molar-refractivity contribution in [1.29, 1.82) is 0 Å². The van der Waals surface area contributed by atoms with Crippen LogP contribution in [0.4, 0.5) is 0 Å². The first kappa shape index (κ1) is 19.5. The Balaban J connectivity index is 1.96. The second-order valence-electron chi connectivity index (χ2n) is 7.07. The van der Waals surface area contributed by atoms with Gasteiger partial charge in [-0.1, -0.05) is 18.2 Å². The maximum atomic E-state index is 12.1. The van der Waals surface area contributed by atoms with Gasteiger partial charge in [-0.2, -0.15) is 0 Å². The number of para-hydroxylation sites is 1. The quantitative estimate of drug-likeness (QED) is 0.498. The molecule has 0 bridgehead atoms. The van der Waals surface area contributed by atoms with E-state index in [4.69, 9.17) is 9.72 Å². The third-order valence-electron chi connectivity index (χ3n) is 5.25. The summed E-state index contributed by atoms with van der Waals surface area (Å²) in [6.07, 6.45) is 5.36. The van der Waals surface area contributed by atoms with Crippen molar-refractivity contribution in [3.05, 3.63) is 63.3 Å². The number of aromatic carboxylic acids is 1. The molecule has 148 valence electrons. The molecular formula is C23H20BrNO4. The molecule has 0 radical (unpaired) electrons. The van der Waals surface area contributed by atoms with Crippen LogP contribution in [0.1, 0.15) is 46.4 Å². The lowest BCUT2D eigenvalue weighted by Crippen LogP contribution is -2.08. The Morgan fingerprint density at radius 1 is 1.21 bits per heavy atom. The van der Waals surface area contributed by atoms with Gasteiger partial charge in [0.1, 0.15) is 0 Å². The highest BCUT2D eigenvalue weighted by Crippen LogP contribution is 2.38. The largest absolute Gasteiger partial charge is 0.503 e. The zero-order chi connectivity index (χ0) is 20.5. The lowest BCUT2D eigenvalue weighted by molar-refractivity contribution is 0.0697. The van der Waals surface area contributed by atoms with Crippen molar-refractivity contribution in [3.63, 3.8) is 0 Å². The molecule has 0 spiro atoms. The summed E-state index contributed by atoms with van der Waals surface area (Å²) in [5, 5.41) is 20.7. The van der Waals surface area contributed by atoms with E-state index in [0.717, 1.165) is 41.7 Å². The van der Waals surface area contributed by atoms with Gasteiger partial charge in [0, 0.05) is 5.39 Å². The number of benzene rings is 2. The number of pyridine rings is 1. The fourth-order valence-electron chi connectivity index (χ4n) is 3.91. The van der Waals surface area contributed by atoms with E-state index >= 15 is 0 Å². The number of phenolic OH excluding ortho intramolecular Hbond substituents is 1. The lowest BCUT2D eigenvalue weighted by atomic mass is 9.94. The highest BCUT2D eigenvalue weighted by molar-refractivity contribution is 9.10. The molecule has 3 aromatic rings. The van der Waals surface area contributed by atoms with Crippen LogP contribution < -0.4 is 4.74 Å². The van der Waals surface area contributed by atoms with E-state index < -0.39 is 5.97 Å². The number of fused-ring (bicyclic) bond motifs is 2. The van der Waals surface area contributed by atoms with E-state index in [1.807, 2.05) is 36.4 Å². The number of methoxy groups -OCH3 is 1. The van der Waals surface area contributed by atoms with Gasteiger partial charge in [-0.3, -0.25) is 0 Å². The third-order valence-corrected chi connectivity index (χ3v) is 5.85.